The van der Waals surface area contributed by atoms with Gasteiger partial charge in [-0.25, -0.2) is 0 Å². The van der Waals surface area contributed by atoms with E-state index >= 15 is 0 Å². The second-order valence-electron chi connectivity index (χ2n) is 19.0. The molecular formula is C42H67FN2OS. The van der Waals surface area contributed by atoms with Crippen molar-refractivity contribution in [3.05, 3.63) is 35.5 Å². The van der Waals surface area contributed by atoms with E-state index in [9.17, 15) is 8.94 Å². The first-order valence-corrected chi connectivity index (χ1v) is 21.2. The van der Waals surface area contributed by atoms with Gasteiger partial charge in [-0.3, -0.25) is 9.29 Å². The van der Waals surface area contributed by atoms with E-state index in [-0.39, 0.29) is 23.5 Å². The van der Waals surface area contributed by atoms with Gasteiger partial charge < -0.3 is 9.87 Å². The first kappa shape index (κ1) is 34.8. The summed E-state index contributed by atoms with van der Waals surface area (Å²) in [5, 5.41) is 4.29. The molecule has 0 aromatic rings. The van der Waals surface area contributed by atoms with Crippen molar-refractivity contribution in [3.63, 3.8) is 0 Å². The highest BCUT2D eigenvalue weighted by Gasteiger charge is 2.70. The number of alkyl halides is 1. The lowest BCUT2D eigenvalue weighted by Gasteiger charge is -2.72. The molecule has 5 fully saturated rings. The van der Waals surface area contributed by atoms with Crippen LogP contribution in [0.15, 0.2) is 35.5 Å². The SMILES string of the molecule is C=C(C)[C@@H]1CCC2(NCCN3CC[S+]([O-])CC3)CC[C@]3(C)C(CCC4C5(C)CC=C(C6=CCC(CF)CC6)C(C)(C)C5CCC43C)C12. The number of halogens is 1. The van der Waals surface area contributed by atoms with Crippen LogP contribution in [0.1, 0.15) is 119 Å². The molecule has 7 rings (SSSR count). The first-order chi connectivity index (χ1) is 22.3. The molecule has 8 unspecified atom stereocenters. The molecule has 6 aliphatic carbocycles. The van der Waals surface area contributed by atoms with Crippen LogP contribution in [0.5, 0.6) is 0 Å². The molecule has 1 saturated heterocycles. The Hall–Kier alpha value is -0.620. The van der Waals surface area contributed by atoms with E-state index in [1.807, 2.05) is 0 Å². The molecule has 264 valence electrons. The normalized spacial score (nSPS) is 46.8. The highest BCUT2D eigenvalue weighted by atomic mass is 32.2. The fourth-order valence-electron chi connectivity index (χ4n) is 14.2. The number of hydrogen-bond donors (Lipinski definition) is 1. The van der Waals surface area contributed by atoms with E-state index in [2.05, 4.69) is 70.5 Å². The number of fused-ring (bicyclic) bond motifs is 7. The minimum atomic E-state index is -0.607. The molecular weight excluding hydrogens is 600 g/mol. The lowest BCUT2D eigenvalue weighted by atomic mass is 9.33. The Kier molecular flexibility index (Phi) is 9.30. The van der Waals surface area contributed by atoms with Gasteiger partial charge in [-0.05, 0) is 152 Å². The van der Waals surface area contributed by atoms with Crippen LogP contribution in [0.3, 0.4) is 0 Å². The molecule has 0 bridgehead atoms. The van der Waals surface area contributed by atoms with E-state index in [4.69, 9.17) is 0 Å². The van der Waals surface area contributed by atoms with Gasteiger partial charge in [-0.15, -0.1) is 0 Å². The maximum Gasteiger partial charge on any atom is 0.118 e. The molecule has 0 aromatic heterocycles. The van der Waals surface area contributed by atoms with Crippen molar-refractivity contribution in [3.8, 4) is 0 Å². The summed E-state index contributed by atoms with van der Waals surface area (Å²) in [5.41, 5.74) is 6.05. The van der Waals surface area contributed by atoms with E-state index in [1.54, 1.807) is 11.1 Å². The number of rotatable bonds is 7. The summed E-state index contributed by atoms with van der Waals surface area (Å²) in [7, 11) is 0. The van der Waals surface area contributed by atoms with Crippen molar-refractivity contribution >= 4 is 11.2 Å². The van der Waals surface area contributed by atoms with E-state index in [1.165, 1.54) is 63.4 Å². The van der Waals surface area contributed by atoms with Gasteiger partial charge in [-0.2, -0.15) is 0 Å². The quantitative estimate of drug-likeness (QED) is 0.218. The second-order valence-corrected chi connectivity index (χ2v) is 20.7. The summed E-state index contributed by atoms with van der Waals surface area (Å²) >= 11 is -0.607. The third-order valence-corrected chi connectivity index (χ3v) is 18.2. The zero-order valence-electron chi connectivity index (χ0n) is 30.9. The number of hydrogen-bond acceptors (Lipinski definition) is 3. The third-order valence-electron chi connectivity index (χ3n) is 16.9. The van der Waals surface area contributed by atoms with E-state index < -0.39 is 11.2 Å². The van der Waals surface area contributed by atoms with Crippen LogP contribution in [0.2, 0.25) is 0 Å². The molecule has 3 nitrogen and oxygen atoms in total. The van der Waals surface area contributed by atoms with Crippen molar-refractivity contribution < 1.29 is 8.94 Å². The Labute approximate surface area is 290 Å². The van der Waals surface area contributed by atoms with Crippen molar-refractivity contribution in [2.45, 2.75) is 124 Å². The standard InChI is InChI=1S/C42H67FN2OS/c1-29(2)32-14-19-42(44-22-23-45-24-26-47(46)27-25-45)21-20-40(6)34(37(32)42)12-13-36-39(5)17-15-33(31-10-8-30(28-43)9-11-31)38(3,4)35(39)16-18-41(36,40)7/h10,15,30,32,34-37,44H,1,8-9,11-14,16-28H2,2-7H3/t30?,32-,34?,35?,36?,37?,39?,40+,41?,42?/m0/s1. The van der Waals surface area contributed by atoms with Gasteiger partial charge in [0.05, 0.1) is 6.67 Å². The van der Waals surface area contributed by atoms with Gasteiger partial charge in [-0.1, -0.05) is 70.1 Å². The molecule has 7 aliphatic rings. The Morgan fingerprint density at radius 1 is 0.957 bits per heavy atom. The molecule has 0 amide bonds. The van der Waals surface area contributed by atoms with Crippen LogP contribution in [0.25, 0.3) is 0 Å². The molecule has 47 heavy (non-hydrogen) atoms. The van der Waals surface area contributed by atoms with Gasteiger partial charge in [0, 0.05) is 31.7 Å². The smallest absolute Gasteiger partial charge is 0.118 e. The molecule has 0 spiro atoms. The summed E-state index contributed by atoms with van der Waals surface area (Å²) in [4.78, 5) is 2.54. The molecule has 0 aromatic carbocycles. The predicted molar refractivity (Wildman–Crippen MR) is 196 cm³/mol. The highest BCUT2D eigenvalue weighted by molar-refractivity contribution is 7.91. The van der Waals surface area contributed by atoms with Gasteiger partial charge in [0.2, 0.25) is 0 Å². The summed E-state index contributed by atoms with van der Waals surface area (Å²) in [6.07, 6.45) is 20.0. The van der Waals surface area contributed by atoms with Crippen LogP contribution in [0, 0.1) is 57.2 Å². The van der Waals surface area contributed by atoms with Crippen LogP contribution >= 0.6 is 0 Å². The van der Waals surface area contributed by atoms with Crippen molar-refractivity contribution in [1.29, 1.82) is 0 Å². The fraction of sp³-hybridized carbons (Fsp3) is 0.857. The lowest BCUT2D eigenvalue weighted by molar-refractivity contribution is -0.221. The van der Waals surface area contributed by atoms with E-state index in [0.717, 1.165) is 68.8 Å². The Morgan fingerprint density at radius 3 is 2.40 bits per heavy atom. The third kappa shape index (κ3) is 5.43. The van der Waals surface area contributed by atoms with E-state index in [0.29, 0.717) is 34.0 Å². The van der Waals surface area contributed by atoms with Crippen LogP contribution < -0.4 is 5.32 Å². The zero-order chi connectivity index (χ0) is 33.4. The predicted octanol–water partition coefficient (Wildman–Crippen LogP) is 9.28. The minimum absolute atomic E-state index is 0.166. The topological polar surface area (TPSA) is 38.3 Å². The summed E-state index contributed by atoms with van der Waals surface area (Å²) in [6, 6.07) is 0. The Morgan fingerprint density at radius 2 is 1.72 bits per heavy atom. The lowest BCUT2D eigenvalue weighted by Crippen LogP contribution is -2.68. The van der Waals surface area contributed by atoms with Gasteiger partial charge in [0.1, 0.15) is 11.5 Å². The minimum Gasteiger partial charge on any atom is -0.616 e. The van der Waals surface area contributed by atoms with Crippen molar-refractivity contribution in [2.24, 2.45) is 57.2 Å². The maximum atomic E-state index is 13.4. The van der Waals surface area contributed by atoms with Gasteiger partial charge in [0.15, 0.2) is 0 Å². The largest absolute Gasteiger partial charge is 0.616 e. The van der Waals surface area contributed by atoms with Crippen molar-refractivity contribution in [2.75, 3.05) is 44.4 Å². The summed E-state index contributed by atoms with van der Waals surface area (Å²) in [5.74, 6) is 5.48. The maximum absolute atomic E-state index is 13.4. The first-order valence-electron chi connectivity index (χ1n) is 19.7. The fourth-order valence-corrected chi connectivity index (χ4v) is 15.4. The van der Waals surface area contributed by atoms with Gasteiger partial charge in [0.25, 0.3) is 0 Å². The van der Waals surface area contributed by atoms with Crippen LogP contribution in [0.4, 0.5) is 4.39 Å². The number of nitrogens with one attached hydrogen (secondary N) is 1. The van der Waals surface area contributed by atoms with Crippen molar-refractivity contribution in [1.82, 2.24) is 10.2 Å². The summed E-state index contributed by atoms with van der Waals surface area (Å²) in [6.45, 7) is 24.3. The molecule has 10 atom stereocenters. The number of nitrogens with zero attached hydrogens (tertiary/aromatic N) is 1. The van der Waals surface area contributed by atoms with Gasteiger partial charge >= 0.3 is 0 Å². The molecule has 1 heterocycles. The average molecular weight is 667 g/mol. The molecule has 0 radical (unpaired) electrons. The molecule has 5 heteroatoms. The monoisotopic (exact) mass is 666 g/mol. The Bertz CT molecular complexity index is 1270. The second kappa shape index (κ2) is 12.6. The van der Waals surface area contributed by atoms with Crippen LogP contribution in [-0.4, -0.2) is 59.4 Å². The Balaban J connectivity index is 1.14. The summed E-state index contributed by atoms with van der Waals surface area (Å²) < 4.78 is 25.4. The highest BCUT2D eigenvalue weighted by Crippen LogP contribution is 2.76. The zero-order valence-corrected chi connectivity index (χ0v) is 31.7. The average Bonchev–Trinajstić information content (AvgIpc) is 3.42. The molecule has 4 saturated carbocycles. The molecule has 1 aliphatic heterocycles. The molecule has 1 N–H and O–H groups in total. The van der Waals surface area contributed by atoms with Crippen LogP contribution in [-0.2, 0) is 11.2 Å². The number of allylic oxidation sites excluding steroid dienone is 5.